The van der Waals surface area contributed by atoms with Gasteiger partial charge in [0.05, 0.1) is 25.4 Å². The summed E-state index contributed by atoms with van der Waals surface area (Å²) in [6.07, 6.45) is 3.13. The van der Waals surface area contributed by atoms with Crippen LogP contribution in [-0.4, -0.2) is 47.7 Å². The van der Waals surface area contributed by atoms with Gasteiger partial charge in [-0.05, 0) is 50.2 Å². The van der Waals surface area contributed by atoms with Gasteiger partial charge in [-0.25, -0.2) is 0 Å². The van der Waals surface area contributed by atoms with Crippen LogP contribution in [0.5, 0.6) is 0 Å². The summed E-state index contributed by atoms with van der Waals surface area (Å²) in [6.45, 7) is 7.80. The number of hydrogen-bond donors (Lipinski definition) is 0. The minimum absolute atomic E-state index is 0.0985. The van der Waals surface area contributed by atoms with Crippen LogP contribution in [0.3, 0.4) is 0 Å². The SMILES string of the molecule is Cc1cccc(COCCC2CCOC23CN(C(=O)C2CC2C)C3)n1. The quantitative estimate of drug-likeness (QED) is 0.744. The van der Waals surface area contributed by atoms with Gasteiger partial charge < -0.3 is 14.4 Å². The summed E-state index contributed by atoms with van der Waals surface area (Å²) in [5.41, 5.74) is 1.91. The molecular weight excluding hydrogens is 316 g/mol. The zero-order chi connectivity index (χ0) is 17.4. The van der Waals surface area contributed by atoms with Gasteiger partial charge >= 0.3 is 0 Å². The summed E-state index contributed by atoms with van der Waals surface area (Å²) in [6, 6.07) is 6.01. The number of likely N-dealkylation sites (tertiary alicyclic amines) is 1. The van der Waals surface area contributed by atoms with E-state index >= 15 is 0 Å². The number of aryl methyl sites for hydroxylation is 1. The lowest BCUT2D eigenvalue weighted by molar-refractivity contribution is -0.167. The summed E-state index contributed by atoms with van der Waals surface area (Å²) in [4.78, 5) is 18.8. The van der Waals surface area contributed by atoms with Gasteiger partial charge in [-0.1, -0.05) is 13.0 Å². The maximum atomic E-state index is 12.3. The smallest absolute Gasteiger partial charge is 0.226 e. The van der Waals surface area contributed by atoms with Crippen LogP contribution >= 0.6 is 0 Å². The molecule has 25 heavy (non-hydrogen) atoms. The number of rotatable bonds is 6. The predicted molar refractivity (Wildman–Crippen MR) is 93.9 cm³/mol. The van der Waals surface area contributed by atoms with Crippen LogP contribution in [-0.2, 0) is 20.9 Å². The van der Waals surface area contributed by atoms with Crippen molar-refractivity contribution in [3.05, 3.63) is 29.6 Å². The van der Waals surface area contributed by atoms with Crippen LogP contribution in [0.1, 0.15) is 37.6 Å². The first-order valence-corrected chi connectivity index (χ1v) is 9.50. The van der Waals surface area contributed by atoms with E-state index in [2.05, 4.69) is 11.9 Å². The molecule has 5 heteroatoms. The number of ether oxygens (including phenoxy) is 2. The zero-order valence-corrected chi connectivity index (χ0v) is 15.2. The van der Waals surface area contributed by atoms with Gasteiger partial charge in [0, 0.05) is 24.8 Å². The van der Waals surface area contributed by atoms with E-state index < -0.39 is 0 Å². The summed E-state index contributed by atoms with van der Waals surface area (Å²) in [5.74, 6) is 1.70. The Labute approximate surface area is 149 Å². The number of amides is 1. The second kappa shape index (κ2) is 6.69. The van der Waals surface area contributed by atoms with Gasteiger partial charge in [-0.3, -0.25) is 9.78 Å². The molecule has 0 N–H and O–H groups in total. The largest absolute Gasteiger partial charge is 0.375 e. The van der Waals surface area contributed by atoms with Crippen molar-refractivity contribution in [2.45, 2.75) is 45.3 Å². The third-order valence-electron chi connectivity index (χ3n) is 6.06. The molecule has 5 nitrogen and oxygen atoms in total. The fourth-order valence-electron chi connectivity index (χ4n) is 4.28. The topological polar surface area (TPSA) is 51.7 Å². The molecule has 2 aliphatic heterocycles. The van der Waals surface area contributed by atoms with Gasteiger partial charge in [0.15, 0.2) is 0 Å². The van der Waals surface area contributed by atoms with Gasteiger partial charge in [0.1, 0.15) is 5.60 Å². The van der Waals surface area contributed by atoms with E-state index in [9.17, 15) is 4.79 Å². The van der Waals surface area contributed by atoms with Crippen molar-refractivity contribution in [2.24, 2.45) is 17.8 Å². The number of hydrogen-bond acceptors (Lipinski definition) is 4. The molecule has 2 saturated heterocycles. The summed E-state index contributed by atoms with van der Waals surface area (Å²) >= 11 is 0. The third-order valence-corrected chi connectivity index (χ3v) is 6.06. The average molecular weight is 344 g/mol. The standard InChI is InChI=1S/C20H28N2O3/c1-14-10-18(14)19(23)22-12-20(13-22)16(7-9-25-20)6-8-24-11-17-5-3-4-15(2)21-17/h3-5,14,16,18H,6-13H2,1-2H3. The van der Waals surface area contributed by atoms with E-state index in [1.54, 1.807) is 0 Å². The van der Waals surface area contributed by atoms with E-state index in [1.165, 1.54) is 0 Å². The van der Waals surface area contributed by atoms with E-state index in [1.807, 2.05) is 30.0 Å². The van der Waals surface area contributed by atoms with Crippen LogP contribution in [0.25, 0.3) is 0 Å². The Bertz CT molecular complexity index is 642. The molecular formula is C20H28N2O3. The van der Waals surface area contributed by atoms with Crippen molar-refractivity contribution in [1.29, 1.82) is 0 Å². The van der Waals surface area contributed by atoms with E-state index in [0.717, 1.165) is 57.0 Å². The number of pyridine rings is 1. The Balaban J connectivity index is 1.22. The molecule has 1 aliphatic carbocycles. The van der Waals surface area contributed by atoms with E-state index in [4.69, 9.17) is 9.47 Å². The molecule has 3 unspecified atom stereocenters. The van der Waals surface area contributed by atoms with Crippen LogP contribution in [0.4, 0.5) is 0 Å². The zero-order valence-electron chi connectivity index (χ0n) is 15.2. The second-order valence-corrected chi connectivity index (χ2v) is 8.02. The Morgan fingerprint density at radius 1 is 1.44 bits per heavy atom. The number of aromatic nitrogens is 1. The van der Waals surface area contributed by atoms with Crippen molar-refractivity contribution in [2.75, 3.05) is 26.3 Å². The van der Waals surface area contributed by atoms with Crippen molar-refractivity contribution >= 4 is 5.91 Å². The molecule has 1 saturated carbocycles. The molecule has 1 spiro atoms. The fourth-order valence-corrected chi connectivity index (χ4v) is 4.28. The fraction of sp³-hybridized carbons (Fsp3) is 0.700. The molecule has 3 fully saturated rings. The van der Waals surface area contributed by atoms with Crippen molar-refractivity contribution in [3.8, 4) is 0 Å². The van der Waals surface area contributed by atoms with Crippen molar-refractivity contribution < 1.29 is 14.3 Å². The van der Waals surface area contributed by atoms with Crippen LogP contribution in [0.2, 0.25) is 0 Å². The van der Waals surface area contributed by atoms with Crippen LogP contribution in [0.15, 0.2) is 18.2 Å². The normalized spacial score (nSPS) is 29.7. The summed E-state index contributed by atoms with van der Waals surface area (Å²) < 4.78 is 11.9. The average Bonchev–Trinajstić information content (AvgIpc) is 3.13. The Kier molecular flexibility index (Phi) is 4.54. The van der Waals surface area contributed by atoms with Gasteiger partial charge in [-0.2, -0.15) is 0 Å². The maximum Gasteiger partial charge on any atom is 0.226 e. The molecule has 0 radical (unpaired) electrons. The van der Waals surface area contributed by atoms with Crippen molar-refractivity contribution in [1.82, 2.24) is 9.88 Å². The van der Waals surface area contributed by atoms with Gasteiger partial charge in [0.25, 0.3) is 0 Å². The lowest BCUT2D eigenvalue weighted by atomic mass is 9.79. The first-order chi connectivity index (χ1) is 12.1. The summed E-state index contributed by atoms with van der Waals surface area (Å²) in [5, 5.41) is 0. The Morgan fingerprint density at radius 3 is 2.96 bits per heavy atom. The molecule has 3 heterocycles. The highest BCUT2D eigenvalue weighted by atomic mass is 16.5. The Hall–Kier alpha value is -1.46. The predicted octanol–water partition coefficient (Wildman–Crippen LogP) is 2.57. The van der Waals surface area contributed by atoms with Crippen LogP contribution < -0.4 is 0 Å². The minimum Gasteiger partial charge on any atom is -0.375 e. The van der Waals surface area contributed by atoms with Gasteiger partial charge in [-0.15, -0.1) is 0 Å². The lowest BCUT2D eigenvalue weighted by Gasteiger charge is -2.50. The maximum absolute atomic E-state index is 12.3. The second-order valence-electron chi connectivity index (χ2n) is 8.02. The molecule has 4 rings (SSSR count). The first kappa shape index (κ1) is 17.0. The monoisotopic (exact) mass is 344 g/mol. The Morgan fingerprint density at radius 2 is 2.24 bits per heavy atom. The molecule has 1 aromatic rings. The third kappa shape index (κ3) is 3.44. The highest BCUT2D eigenvalue weighted by Gasteiger charge is 2.56. The summed E-state index contributed by atoms with van der Waals surface area (Å²) in [7, 11) is 0. The molecule has 1 aromatic heterocycles. The first-order valence-electron chi connectivity index (χ1n) is 9.50. The van der Waals surface area contributed by atoms with Crippen molar-refractivity contribution in [3.63, 3.8) is 0 Å². The highest BCUT2D eigenvalue weighted by Crippen LogP contribution is 2.45. The number of nitrogens with zero attached hydrogens (tertiary/aromatic N) is 2. The lowest BCUT2D eigenvalue weighted by Crippen LogP contribution is -2.66. The number of carbonyl (C=O) groups excluding carboxylic acids is 1. The molecule has 0 aromatic carbocycles. The molecule has 136 valence electrons. The molecule has 0 bridgehead atoms. The van der Waals surface area contributed by atoms with Gasteiger partial charge in [0.2, 0.25) is 5.91 Å². The molecule has 1 amide bonds. The minimum atomic E-state index is -0.0985. The van der Waals surface area contributed by atoms with Crippen LogP contribution in [0, 0.1) is 24.7 Å². The number of carbonyl (C=O) groups is 1. The van der Waals surface area contributed by atoms with E-state index in [-0.39, 0.29) is 11.5 Å². The molecule has 3 atom stereocenters. The molecule has 3 aliphatic rings. The highest BCUT2D eigenvalue weighted by molar-refractivity contribution is 5.82. The van der Waals surface area contributed by atoms with E-state index in [0.29, 0.717) is 24.3 Å².